The highest BCUT2D eigenvalue weighted by Crippen LogP contribution is 2.41. The van der Waals surface area contributed by atoms with E-state index < -0.39 is 0 Å². The van der Waals surface area contributed by atoms with Gasteiger partial charge >= 0.3 is 0 Å². The number of aldehydes is 1. The van der Waals surface area contributed by atoms with Crippen LogP contribution in [0.5, 0.6) is 0 Å². The highest BCUT2D eigenvalue weighted by atomic mass is 32.1. The second kappa shape index (κ2) is 6.93. The number of nitrogens with two attached hydrogens (primary N) is 1. The Morgan fingerprint density at radius 3 is 2.62 bits per heavy atom. The van der Waals surface area contributed by atoms with Crippen LogP contribution in [0, 0.1) is 0 Å². The Bertz CT molecular complexity index is 915. The smallest absolute Gasteiger partial charge is 0.196 e. The van der Waals surface area contributed by atoms with Gasteiger partial charge < -0.3 is 10.5 Å². The third-order valence-electron chi connectivity index (χ3n) is 4.00. The number of aromatic nitrogens is 1. The minimum Gasteiger partial charge on any atom is -0.398 e. The van der Waals surface area contributed by atoms with E-state index in [1.165, 1.54) is 11.5 Å². The maximum absolute atomic E-state index is 12.5. The summed E-state index contributed by atoms with van der Waals surface area (Å²) >= 11 is 1.42. The van der Waals surface area contributed by atoms with Crippen LogP contribution in [0.25, 0.3) is 21.3 Å². The minimum absolute atomic E-state index is 0.00130. The Morgan fingerprint density at radius 2 is 1.92 bits per heavy atom. The van der Waals surface area contributed by atoms with Gasteiger partial charge in [-0.05, 0) is 30.1 Å². The number of rotatable bonds is 3. The molecule has 0 bridgehead atoms. The Labute approximate surface area is 144 Å². The molecule has 5 heteroatoms. The largest absolute Gasteiger partial charge is 0.398 e. The molecule has 0 aliphatic heterocycles. The second-order valence-electron chi connectivity index (χ2n) is 5.62. The van der Waals surface area contributed by atoms with E-state index in [4.69, 9.17) is 5.73 Å². The van der Waals surface area contributed by atoms with Gasteiger partial charge in [-0.3, -0.25) is 4.79 Å². The molecule has 1 aromatic heterocycles. The Balaban J connectivity index is 0.000000246. The molecule has 4 rings (SSSR count). The fourth-order valence-electron chi connectivity index (χ4n) is 2.81. The lowest BCUT2D eigenvalue weighted by molar-refractivity contribution is -0.107. The van der Waals surface area contributed by atoms with Gasteiger partial charge in [-0.25, -0.2) is 0 Å². The molecule has 0 radical (unpaired) electrons. The van der Waals surface area contributed by atoms with Gasteiger partial charge in [0.15, 0.2) is 5.78 Å². The van der Waals surface area contributed by atoms with Crippen molar-refractivity contribution in [2.24, 2.45) is 0 Å². The van der Waals surface area contributed by atoms with Crippen molar-refractivity contribution in [1.82, 2.24) is 4.37 Å². The first-order chi connectivity index (χ1) is 11.7. The minimum atomic E-state index is 0.00130. The van der Waals surface area contributed by atoms with E-state index in [0.29, 0.717) is 16.8 Å². The van der Waals surface area contributed by atoms with Crippen LogP contribution in [0.15, 0.2) is 36.4 Å². The van der Waals surface area contributed by atoms with Crippen LogP contribution in [0.3, 0.4) is 0 Å². The zero-order valence-corrected chi connectivity index (χ0v) is 14.2. The molecule has 2 N–H and O–H groups in total. The first kappa shape index (κ1) is 16.3. The van der Waals surface area contributed by atoms with Gasteiger partial charge in [0.2, 0.25) is 0 Å². The van der Waals surface area contributed by atoms with Crippen LogP contribution >= 0.6 is 11.5 Å². The molecule has 0 saturated heterocycles. The molecular weight excluding hydrogens is 320 g/mol. The summed E-state index contributed by atoms with van der Waals surface area (Å²) in [5.74, 6) is 0.00130. The number of ketones is 1. The average molecular weight is 338 g/mol. The lowest BCUT2D eigenvalue weighted by atomic mass is 9.87. The second-order valence-corrected chi connectivity index (χ2v) is 6.42. The van der Waals surface area contributed by atoms with Crippen molar-refractivity contribution in [3.63, 3.8) is 0 Å². The van der Waals surface area contributed by atoms with Gasteiger partial charge in [-0.2, -0.15) is 4.37 Å². The lowest BCUT2D eigenvalue weighted by Gasteiger charge is -2.16. The van der Waals surface area contributed by atoms with E-state index >= 15 is 0 Å². The van der Waals surface area contributed by atoms with Crippen LogP contribution in [0.4, 0.5) is 5.69 Å². The van der Waals surface area contributed by atoms with Crippen LogP contribution in [0.1, 0.15) is 42.1 Å². The van der Waals surface area contributed by atoms with E-state index in [1.807, 2.05) is 30.3 Å². The van der Waals surface area contributed by atoms with Gasteiger partial charge in [0.25, 0.3) is 0 Å². The number of anilines is 1. The fraction of sp³-hybridized carbons (Fsp3) is 0.211. The number of nitrogen functional groups attached to an aromatic ring is 1. The van der Waals surface area contributed by atoms with Crippen molar-refractivity contribution in [2.45, 2.75) is 26.2 Å². The number of carbonyl (C=O) groups is 2. The van der Waals surface area contributed by atoms with Crippen molar-refractivity contribution < 1.29 is 9.59 Å². The predicted octanol–water partition coefficient (Wildman–Crippen LogP) is 4.47. The number of carbonyl (C=O) groups excluding carboxylic acids is 2. The summed E-state index contributed by atoms with van der Waals surface area (Å²) in [5.41, 5.74) is 9.49. The average Bonchev–Trinajstić information content (AvgIpc) is 3.03. The van der Waals surface area contributed by atoms with Crippen LogP contribution in [0.2, 0.25) is 0 Å². The normalized spacial score (nSPS) is 11.6. The quantitative estimate of drug-likeness (QED) is 0.340. The maximum Gasteiger partial charge on any atom is 0.196 e. The maximum atomic E-state index is 12.5. The van der Waals surface area contributed by atoms with Crippen molar-refractivity contribution in [2.75, 3.05) is 5.73 Å². The molecule has 1 heterocycles. The van der Waals surface area contributed by atoms with E-state index in [9.17, 15) is 9.59 Å². The predicted molar refractivity (Wildman–Crippen MR) is 98.5 cm³/mol. The van der Waals surface area contributed by atoms with E-state index in [0.717, 1.165) is 46.9 Å². The number of benzene rings is 2. The summed E-state index contributed by atoms with van der Waals surface area (Å²) in [6.07, 6.45) is 3.86. The van der Waals surface area contributed by atoms with Gasteiger partial charge in [-0.15, -0.1) is 0 Å². The zero-order valence-electron chi connectivity index (χ0n) is 13.4. The Hall–Kier alpha value is -2.53. The number of hydrogen-bond donors (Lipinski definition) is 1. The van der Waals surface area contributed by atoms with Crippen molar-refractivity contribution in [1.29, 1.82) is 0 Å². The number of nitrogens with zero attached hydrogens (tertiary/aromatic N) is 1. The fourth-order valence-corrected chi connectivity index (χ4v) is 3.62. The zero-order chi connectivity index (χ0) is 17.1. The number of hydrogen-bond acceptors (Lipinski definition) is 5. The molecule has 0 unspecified atom stereocenters. The van der Waals surface area contributed by atoms with E-state index in [1.54, 1.807) is 6.07 Å². The highest BCUT2D eigenvalue weighted by molar-refractivity contribution is 7.13. The molecule has 0 spiro atoms. The monoisotopic (exact) mass is 338 g/mol. The molecular formula is C19H18N2O2S. The van der Waals surface area contributed by atoms with Crippen LogP contribution in [-0.2, 0) is 4.79 Å². The summed E-state index contributed by atoms with van der Waals surface area (Å²) < 4.78 is 5.52. The summed E-state index contributed by atoms with van der Waals surface area (Å²) in [7, 11) is 0. The topological polar surface area (TPSA) is 73.1 Å². The number of unbranched alkanes of at least 4 members (excludes halogenated alkanes) is 2. The van der Waals surface area contributed by atoms with Crippen molar-refractivity contribution in [3.05, 3.63) is 47.5 Å². The third-order valence-corrected chi connectivity index (χ3v) is 4.81. The van der Waals surface area contributed by atoms with Crippen LogP contribution in [-0.4, -0.2) is 16.4 Å². The summed E-state index contributed by atoms with van der Waals surface area (Å²) in [6, 6.07) is 11.3. The molecule has 1 aliphatic carbocycles. The first-order valence-corrected chi connectivity index (χ1v) is 8.72. The Kier molecular flexibility index (Phi) is 4.71. The molecule has 4 nitrogen and oxygen atoms in total. The van der Waals surface area contributed by atoms with Gasteiger partial charge in [0, 0.05) is 28.6 Å². The van der Waals surface area contributed by atoms with E-state index in [-0.39, 0.29) is 5.78 Å². The summed E-state index contributed by atoms with van der Waals surface area (Å²) in [4.78, 5) is 22.1. The summed E-state index contributed by atoms with van der Waals surface area (Å²) in [5, 5.41) is 0.964. The Morgan fingerprint density at radius 1 is 1.17 bits per heavy atom. The molecule has 0 fully saturated rings. The SMILES string of the molecule is CCCCC=O.Nc1cccc2c1C(=O)c1cccc3snc-2c13. The third kappa shape index (κ3) is 2.71. The first-order valence-electron chi connectivity index (χ1n) is 7.94. The number of fused-ring (bicyclic) bond motifs is 2. The molecule has 1 aliphatic rings. The molecule has 2 aromatic carbocycles. The highest BCUT2D eigenvalue weighted by Gasteiger charge is 2.28. The molecule has 24 heavy (non-hydrogen) atoms. The van der Waals surface area contributed by atoms with Crippen molar-refractivity contribution in [3.8, 4) is 11.3 Å². The van der Waals surface area contributed by atoms with Gasteiger partial charge in [0.05, 0.1) is 16.0 Å². The molecule has 3 aromatic rings. The van der Waals surface area contributed by atoms with E-state index in [2.05, 4.69) is 11.3 Å². The lowest BCUT2D eigenvalue weighted by Crippen LogP contribution is -2.11. The molecule has 0 saturated carbocycles. The van der Waals surface area contributed by atoms with Crippen LogP contribution < -0.4 is 5.73 Å². The molecule has 122 valence electrons. The van der Waals surface area contributed by atoms with Gasteiger partial charge in [-0.1, -0.05) is 37.6 Å². The molecule has 0 amide bonds. The van der Waals surface area contributed by atoms with Gasteiger partial charge in [0.1, 0.15) is 6.29 Å². The standard InChI is InChI=1S/C14H8N2OS.C5H10O/c15-9-5-1-3-7-11(9)14(17)8-4-2-6-10-12(8)13(7)16-18-10;1-2-3-4-5-6/h1-6H,15H2;5H,2-4H2,1H3. The van der Waals surface area contributed by atoms with Crippen molar-refractivity contribution >= 4 is 39.4 Å². The summed E-state index contributed by atoms with van der Waals surface area (Å²) in [6.45, 7) is 2.07. The molecule has 0 atom stereocenters.